The number of ketones is 1. The molecule has 43 heavy (non-hydrogen) atoms. The number of amides is 1. The topological polar surface area (TPSA) is 79.3 Å². The van der Waals surface area contributed by atoms with Crippen LogP contribution in [0.3, 0.4) is 0 Å². The number of aliphatic hydroxyl groups is 1. The summed E-state index contributed by atoms with van der Waals surface area (Å²) in [5.74, 6) is -0.710. The molecule has 1 amide bonds. The van der Waals surface area contributed by atoms with Gasteiger partial charge in [0.15, 0.2) is 0 Å². The summed E-state index contributed by atoms with van der Waals surface area (Å²) in [6, 6.07) is 22.6. The summed E-state index contributed by atoms with van der Waals surface area (Å²) in [7, 11) is 0. The summed E-state index contributed by atoms with van der Waals surface area (Å²) < 4.78 is 11.5. The first kappa shape index (κ1) is 30.5. The number of aliphatic hydroxyl groups excluding tert-OH is 1. The van der Waals surface area contributed by atoms with Gasteiger partial charge in [-0.05, 0) is 59.2 Å². The quantitative estimate of drug-likeness (QED) is 0.189. The van der Waals surface area contributed by atoms with Crippen LogP contribution in [0.15, 0.2) is 78.4 Å². The van der Waals surface area contributed by atoms with Crippen LogP contribution in [0.2, 0.25) is 0 Å². The Balaban J connectivity index is 1.44. The van der Waals surface area contributed by atoms with Gasteiger partial charge < -0.3 is 19.5 Å². The molecule has 2 heterocycles. The second kappa shape index (κ2) is 13.1. The van der Waals surface area contributed by atoms with Gasteiger partial charge in [0.05, 0.1) is 24.8 Å². The molecule has 0 spiro atoms. The average Bonchev–Trinajstić information content (AvgIpc) is 3.26. The first-order chi connectivity index (χ1) is 20.6. The average molecular weight is 583 g/mol. The molecule has 2 aliphatic heterocycles. The Labute approximate surface area is 254 Å². The zero-order chi connectivity index (χ0) is 30.6. The molecule has 1 N–H and O–H groups in total. The van der Waals surface area contributed by atoms with Crippen molar-refractivity contribution >= 4 is 17.4 Å². The minimum atomic E-state index is -0.673. The van der Waals surface area contributed by atoms with Crippen LogP contribution < -0.4 is 4.74 Å². The van der Waals surface area contributed by atoms with E-state index in [9.17, 15) is 14.7 Å². The zero-order valence-electron chi connectivity index (χ0n) is 25.6. The van der Waals surface area contributed by atoms with Gasteiger partial charge in [-0.25, -0.2) is 0 Å². The lowest BCUT2D eigenvalue weighted by Gasteiger charge is -2.29. The molecule has 0 radical (unpaired) electrons. The standard InChI is InChI=1S/C36H42N2O5/c1-25-23-28(13-16-30(25)43-24-26-9-6-5-7-10-26)33(39)31-32(27-11-14-29(15-12-27)36(2,3)4)38(35(41)34(31)40)18-8-17-37-19-21-42-22-20-37/h5-7,9-16,23,32,39H,8,17-22,24H2,1-4H3/b33-31-. The van der Waals surface area contributed by atoms with E-state index in [1.165, 1.54) is 0 Å². The van der Waals surface area contributed by atoms with Gasteiger partial charge in [-0.3, -0.25) is 14.5 Å². The van der Waals surface area contributed by atoms with Gasteiger partial charge in [0.2, 0.25) is 0 Å². The summed E-state index contributed by atoms with van der Waals surface area (Å²) in [5, 5.41) is 11.6. The number of carbonyl (C=O) groups excluding carboxylic acids is 2. The van der Waals surface area contributed by atoms with Gasteiger partial charge in [0.25, 0.3) is 11.7 Å². The number of morpholine rings is 1. The normalized spacial score (nSPS) is 19.2. The number of benzene rings is 3. The van der Waals surface area contributed by atoms with Gasteiger partial charge in [-0.15, -0.1) is 0 Å². The van der Waals surface area contributed by atoms with Crippen LogP contribution in [0.5, 0.6) is 5.75 Å². The Bertz CT molecular complexity index is 1470. The van der Waals surface area contributed by atoms with E-state index in [0.717, 1.165) is 48.3 Å². The molecule has 2 aliphatic rings. The molecule has 0 bridgehead atoms. The van der Waals surface area contributed by atoms with Gasteiger partial charge in [-0.1, -0.05) is 75.4 Å². The van der Waals surface area contributed by atoms with Gasteiger partial charge in [0, 0.05) is 31.7 Å². The summed E-state index contributed by atoms with van der Waals surface area (Å²) >= 11 is 0. The van der Waals surface area contributed by atoms with Crippen molar-refractivity contribution in [1.82, 2.24) is 9.80 Å². The molecule has 7 nitrogen and oxygen atoms in total. The number of carbonyl (C=O) groups is 2. The van der Waals surface area contributed by atoms with E-state index in [-0.39, 0.29) is 16.7 Å². The molecule has 7 heteroatoms. The Morgan fingerprint density at radius 1 is 0.953 bits per heavy atom. The van der Waals surface area contributed by atoms with Gasteiger partial charge in [-0.2, -0.15) is 0 Å². The third-order valence-corrected chi connectivity index (χ3v) is 8.30. The Kier molecular flexibility index (Phi) is 9.33. The highest BCUT2D eigenvalue weighted by atomic mass is 16.5. The van der Waals surface area contributed by atoms with E-state index in [1.807, 2.05) is 61.5 Å². The Morgan fingerprint density at radius 3 is 2.30 bits per heavy atom. The molecule has 2 fully saturated rings. The number of likely N-dealkylation sites (tertiary alicyclic amines) is 1. The number of Topliss-reactive ketones (excluding diaryl/α,β-unsaturated/α-hetero) is 1. The van der Waals surface area contributed by atoms with Crippen molar-refractivity contribution in [2.24, 2.45) is 0 Å². The van der Waals surface area contributed by atoms with Crippen LogP contribution in [-0.2, 0) is 26.3 Å². The number of hydrogen-bond donors (Lipinski definition) is 1. The van der Waals surface area contributed by atoms with Crippen molar-refractivity contribution in [2.75, 3.05) is 39.4 Å². The third-order valence-electron chi connectivity index (χ3n) is 8.30. The van der Waals surface area contributed by atoms with Crippen LogP contribution in [0.4, 0.5) is 0 Å². The largest absolute Gasteiger partial charge is 0.507 e. The monoisotopic (exact) mass is 582 g/mol. The van der Waals surface area contributed by atoms with Crippen molar-refractivity contribution in [3.63, 3.8) is 0 Å². The first-order valence-corrected chi connectivity index (χ1v) is 15.1. The van der Waals surface area contributed by atoms with E-state index in [2.05, 4.69) is 25.7 Å². The molecule has 3 aromatic carbocycles. The lowest BCUT2D eigenvalue weighted by molar-refractivity contribution is -0.140. The maximum atomic E-state index is 13.6. The number of nitrogens with zero attached hydrogens (tertiary/aromatic N) is 2. The minimum Gasteiger partial charge on any atom is -0.507 e. The molecular formula is C36H42N2O5. The predicted molar refractivity (Wildman–Crippen MR) is 168 cm³/mol. The minimum absolute atomic E-state index is 0.0413. The molecule has 3 aromatic rings. The van der Waals surface area contributed by atoms with Gasteiger partial charge >= 0.3 is 0 Å². The van der Waals surface area contributed by atoms with E-state index in [4.69, 9.17) is 9.47 Å². The maximum Gasteiger partial charge on any atom is 0.295 e. The van der Waals surface area contributed by atoms with Crippen LogP contribution >= 0.6 is 0 Å². The molecule has 1 atom stereocenters. The lowest BCUT2D eigenvalue weighted by Crippen LogP contribution is -2.39. The molecule has 5 rings (SSSR count). The van der Waals surface area contributed by atoms with Crippen molar-refractivity contribution in [2.45, 2.75) is 52.2 Å². The number of rotatable bonds is 9. The predicted octanol–water partition coefficient (Wildman–Crippen LogP) is 6.02. The smallest absolute Gasteiger partial charge is 0.295 e. The fourth-order valence-corrected chi connectivity index (χ4v) is 5.76. The molecule has 0 aromatic heterocycles. The second-order valence-electron chi connectivity index (χ2n) is 12.4. The van der Waals surface area contributed by atoms with Crippen LogP contribution in [0, 0.1) is 6.92 Å². The van der Waals surface area contributed by atoms with E-state index in [1.54, 1.807) is 23.1 Å². The van der Waals surface area contributed by atoms with Gasteiger partial charge in [0.1, 0.15) is 18.1 Å². The molecular weight excluding hydrogens is 540 g/mol. The Morgan fingerprint density at radius 2 is 1.65 bits per heavy atom. The summed E-state index contributed by atoms with van der Waals surface area (Å²) in [4.78, 5) is 31.0. The summed E-state index contributed by atoms with van der Waals surface area (Å²) in [5.41, 5.74) is 4.40. The van der Waals surface area contributed by atoms with E-state index < -0.39 is 17.7 Å². The van der Waals surface area contributed by atoms with Crippen molar-refractivity contribution in [3.8, 4) is 5.75 Å². The van der Waals surface area contributed by atoms with E-state index >= 15 is 0 Å². The SMILES string of the molecule is Cc1cc(/C(O)=C2/C(=O)C(=O)N(CCCN3CCOCC3)C2c2ccc(C(C)(C)C)cc2)ccc1OCc1ccccc1. The van der Waals surface area contributed by atoms with Crippen LogP contribution in [-0.4, -0.2) is 66.0 Å². The molecule has 1 unspecified atom stereocenters. The zero-order valence-corrected chi connectivity index (χ0v) is 25.6. The third kappa shape index (κ3) is 7.00. The fourth-order valence-electron chi connectivity index (χ4n) is 5.76. The highest BCUT2D eigenvalue weighted by molar-refractivity contribution is 6.46. The van der Waals surface area contributed by atoms with Crippen LogP contribution in [0.1, 0.15) is 61.1 Å². The highest BCUT2D eigenvalue weighted by Gasteiger charge is 2.46. The van der Waals surface area contributed by atoms with Crippen LogP contribution in [0.25, 0.3) is 5.76 Å². The summed E-state index contributed by atoms with van der Waals surface area (Å²) in [6.07, 6.45) is 0.718. The maximum absolute atomic E-state index is 13.6. The molecule has 2 saturated heterocycles. The van der Waals surface area contributed by atoms with Crippen molar-refractivity contribution in [1.29, 1.82) is 0 Å². The lowest BCUT2D eigenvalue weighted by atomic mass is 9.85. The number of ether oxygens (including phenoxy) is 2. The highest BCUT2D eigenvalue weighted by Crippen LogP contribution is 2.40. The molecule has 0 aliphatic carbocycles. The Hall–Kier alpha value is -3.94. The number of aryl methyl sites for hydroxylation is 1. The molecule has 0 saturated carbocycles. The van der Waals surface area contributed by atoms with E-state index in [0.29, 0.717) is 37.7 Å². The van der Waals surface area contributed by atoms with Crippen molar-refractivity contribution < 1.29 is 24.2 Å². The fraction of sp³-hybridized carbons (Fsp3) is 0.389. The molecule has 226 valence electrons. The first-order valence-electron chi connectivity index (χ1n) is 15.1. The van der Waals surface area contributed by atoms with Crippen molar-refractivity contribution in [3.05, 3.63) is 106 Å². The second-order valence-corrected chi connectivity index (χ2v) is 12.4. The number of hydrogen-bond acceptors (Lipinski definition) is 6. The summed E-state index contributed by atoms with van der Waals surface area (Å²) in [6.45, 7) is 13.1.